The molecule has 0 spiro atoms. The van der Waals surface area contributed by atoms with Crippen LogP contribution in [0.2, 0.25) is 0 Å². The van der Waals surface area contributed by atoms with Crippen LogP contribution in [0.25, 0.3) is 0 Å². The second kappa shape index (κ2) is 12.3. The van der Waals surface area contributed by atoms with Crippen LogP contribution < -0.4 is 0 Å². The Balaban J connectivity index is 0. The molecule has 0 aliphatic carbocycles. The normalized spacial score (nSPS) is 17.7. The van der Waals surface area contributed by atoms with Crippen LogP contribution in [0.15, 0.2) is 16.8 Å². The van der Waals surface area contributed by atoms with Crippen molar-refractivity contribution in [1.82, 2.24) is 4.90 Å². The summed E-state index contributed by atoms with van der Waals surface area (Å²) in [4.78, 5) is 18.2. The molecule has 1 aliphatic heterocycles. The lowest BCUT2D eigenvalue weighted by atomic mass is 9.87. The van der Waals surface area contributed by atoms with Crippen molar-refractivity contribution >= 4 is 12.1 Å². The highest BCUT2D eigenvalue weighted by Gasteiger charge is 2.32. The topological polar surface area (TPSA) is 32.7 Å². The molecule has 3 heteroatoms. The van der Waals surface area contributed by atoms with Crippen molar-refractivity contribution in [1.29, 1.82) is 0 Å². The molecule has 0 N–H and O–H groups in total. The Morgan fingerprint density at radius 3 is 1.70 bits per heavy atom. The minimum absolute atomic E-state index is 0.0191. The van der Waals surface area contributed by atoms with Gasteiger partial charge >= 0.3 is 0 Å². The molecule has 1 amide bonds. The molecule has 0 fully saturated rings. The second-order valence-electron chi connectivity index (χ2n) is 7.32. The molecule has 0 saturated carbocycles. The summed E-state index contributed by atoms with van der Waals surface area (Å²) in [6.07, 6.45) is 3.31. The van der Waals surface area contributed by atoms with Gasteiger partial charge in [0.25, 0.3) is 5.91 Å². The highest BCUT2D eigenvalue weighted by atomic mass is 16.2. The first kappa shape index (κ1) is 24.1. The number of rotatable bonds is 3. The molecule has 23 heavy (non-hydrogen) atoms. The van der Waals surface area contributed by atoms with Crippen LogP contribution >= 0.6 is 0 Å². The average Bonchev–Trinajstić information content (AvgIpc) is 2.59. The van der Waals surface area contributed by atoms with Gasteiger partial charge < -0.3 is 4.90 Å². The smallest absolute Gasteiger partial charge is 0.265 e. The molecule has 1 atom stereocenters. The van der Waals surface area contributed by atoms with Crippen LogP contribution in [-0.2, 0) is 4.79 Å². The third-order valence-corrected chi connectivity index (χ3v) is 3.16. The van der Waals surface area contributed by atoms with E-state index in [1.54, 1.807) is 0 Å². The number of carbonyl (C=O) groups is 1. The lowest BCUT2D eigenvalue weighted by Crippen LogP contribution is -2.48. The van der Waals surface area contributed by atoms with Gasteiger partial charge in [0.05, 0.1) is 12.3 Å². The number of hydrogen-bond acceptors (Lipinski definition) is 2. The first-order valence-corrected chi connectivity index (χ1v) is 9.14. The average molecular weight is 325 g/mol. The summed E-state index contributed by atoms with van der Waals surface area (Å²) in [5.41, 5.74) is 1.25. The number of aliphatic imine (C=N–C) groups is 1. The van der Waals surface area contributed by atoms with Crippen molar-refractivity contribution in [2.75, 3.05) is 0 Å². The van der Waals surface area contributed by atoms with Gasteiger partial charge in [0.2, 0.25) is 0 Å². The van der Waals surface area contributed by atoms with E-state index in [0.717, 1.165) is 5.92 Å². The Kier molecular flexibility index (Phi) is 12.9. The highest BCUT2D eigenvalue weighted by Crippen LogP contribution is 2.28. The van der Waals surface area contributed by atoms with Crippen molar-refractivity contribution in [3.63, 3.8) is 0 Å². The van der Waals surface area contributed by atoms with Crippen LogP contribution in [0.4, 0.5) is 0 Å². The predicted molar refractivity (Wildman–Crippen MR) is 104 cm³/mol. The van der Waals surface area contributed by atoms with E-state index in [9.17, 15) is 4.79 Å². The SMILES string of the molecule is CC.CC(C)C.CC(C)C1=CN=CC(=O)N(C(C)C)C1C(C)C. The first-order chi connectivity index (χ1) is 10.6. The standard InChI is InChI=1S/C14H24N2O.C4H10.C2H6/c1-9(2)12-7-15-8-13(17)16(11(5)6)14(12)10(3)4;1-4(2)3;1-2/h7-11,14H,1-6H3;4H,1-3H3;1-2H3. The maximum absolute atomic E-state index is 12.1. The minimum Gasteiger partial charge on any atom is -0.328 e. The van der Waals surface area contributed by atoms with Crippen molar-refractivity contribution in [3.05, 3.63) is 11.8 Å². The molecule has 3 nitrogen and oxygen atoms in total. The van der Waals surface area contributed by atoms with Gasteiger partial charge in [-0.3, -0.25) is 9.79 Å². The molecular formula is C20H40N2O. The number of hydrogen-bond donors (Lipinski definition) is 0. The van der Waals surface area contributed by atoms with Crippen LogP contribution in [0.1, 0.15) is 76.2 Å². The van der Waals surface area contributed by atoms with Gasteiger partial charge in [-0.05, 0) is 37.2 Å². The monoisotopic (exact) mass is 324 g/mol. The maximum Gasteiger partial charge on any atom is 0.265 e. The van der Waals surface area contributed by atoms with E-state index in [-0.39, 0.29) is 18.0 Å². The largest absolute Gasteiger partial charge is 0.328 e. The molecule has 1 heterocycles. The van der Waals surface area contributed by atoms with Gasteiger partial charge in [-0.1, -0.05) is 62.3 Å². The van der Waals surface area contributed by atoms with Crippen LogP contribution in [-0.4, -0.2) is 29.1 Å². The zero-order chi connectivity index (χ0) is 18.7. The maximum atomic E-state index is 12.1. The summed E-state index contributed by atoms with van der Waals surface area (Å²) in [5.74, 6) is 1.66. The van der Waals surface area contributed by atoms with E-state index in [0.29, 0.717) is 11.8 Å². The lowest BCUT2D eigenvalue weighted by molar-refractivity contribution is -0.127. The lowest BCUT2D eigenvalue weighted by Gasteiger charge is -2.38. The fraction of sp³-hybridized carbons (Fsp3) is 0.800. The number of nitrogens with zero attached hydrogens (tertiary/aromatic N) is 2. The van der Waals surface area contributed by atoms with E-state index in [1.165, 1.54) is 11.8 Å². The summed E-state index contributed by atoms with van der Waals surface area (Å²) in [5, 5.41) is 0. The summed E-state index contributed by atoms with van der Waals surface area (Å²) in [6.45, 7) is 23.3. The minimum atomic E-state index is 0.0191. The van der Waals surface area contributed by atoms with Crippen LogP contribution in [0.3, 0.4) is 0 Å². The Labute approximate surface area is 145 Å². The fourth-order valence-electron chi connectivity index (χ4n) is 2.40. The van der Waals surface area contributed by atoms with Crippen LogP contribution in [0, 0.1) is 17.8 Å². The molecule has 0 aromatic heterocycles. The Hall–Kier alpha value is -1.12. The third-order valence-electron chi connectivity index (χ3n) is 3.16. The van der Waals surface area contributed by atoms with E-state index in [1.807, 2.05) is 24.9 Å². The highest BCUT2D eigenvalue weighted by molar-refractivity contribution is 6.26. The molecule has 136 valence electrons. The van der Waals surface area contributed by atoms with Gasteiger partial charge in [0, 0.05) is 12.2 Å². The third kappa shape index (κ3) is 8.92. The van der Waals surface area contributed by atoms with Gasteiger partial charge in [0.1, 0.15) is 0 Å². The van der Waals surface area contributed by atoms with E-state index < -0.39 is 0 Å². The molecule has 1 rings (SSSR count). The summed E-state index contributed by atoms with van der Waals surface area (Å²) in [6, 6.07) is 0.353. The van der Waals surface area contributed by atoms with Crippen molar-refractivity contribution in [3.8, 4) is 0 Å². The van der Waals surface area contributed by atoms with Crippen LogP contribution in [0.5, 0.6) is 0 Å². The molecule has 0 saturated heterocycles. The van der Waals surface area contributed by atoms with E-state index in [4.69, 9.17) is 0 Å². The predicted octanol–water partition coefficient (Wildman–Crippen LogP) is 5.56. The first-order valence-electron chi connectivity index (χ1n) is 9.14. The van der Waals surface area contributed by atoms with Gasteiger partial charge in [0.15, 0.2) is 0 Å². The zero-order valence-electron chi connectivity index (χ0n) is 17.3. The molecule has 1 aliphatic rings. The van der Waals surface area contributed by atoms with Gasteiger partial charge in [-0.15, -0.1) is 0 Å². The molecule has 0 aromatic carbocycles. The Bertz CT molecular complexity index is 376. The number of carbonyl (C=O) groups excluding carboxylic acids is 1. The Morgan fingerprint density at radius 1 is 0.957 bits per heavy atom. The van der Waals surface area contributed by atoms with E-state index in [2.05, 4.69) is 67.3 Å². The second-order valence-corrected chi connectivity index (χ2v) is 7.32. The van der Waals surface area contributed by atoms with Gasteiger partial charge in [-0.25, -0.2) is 0 Å². The van der Waals surface area contributed by atoms with Crippen molar-refractivity contribution in [2.45, 2.75) is 88.2 Å². The summed E-state index contributed by atoms with van der Waals surface area (Å²) >= 11 is 0. The molecule has 0 radical (unpaired) electrons. The molecule has 0 bridgehead atoms. The summed E-state index contributed by atoms with van der Waals surface area (Å²) in [7, 11) is 0. The van der Waals surface area contributed by atoms with E-state index >= 15 is 0 Å². The van der Waals surface area contributed by atoms with Crippen molar-refractivity contribution < 1.29 is 4.79 Å². The molecule has 0 aromatic rings. The summed E-state index contributed by atoms with van der Waals surface area (Å²) < 4.78 is 0. The number of amides is 1. The van der Waals surface area contributed by atoms with Gasteiger partial charge in [-0.2, -0.15) is 0 Å². The fourth-order valence-corrected chi connectivity index (χ4v) is 2.40. The molecular weight excluding hydrogens is 284 g/mol. The zero-order valence-corrected chi connectivity index (χ0v) is 17.3. The Morgan fingerprint density at radius 2 is 1.39 bits per heavy atom. The quantitative estimate of drug-likeness (QED) is 0.669. The van der Waals surface area contributed by atoms with Crippen molar-refractivity contribution in [2.24, 2.45) is 22.7 Å². The molecule has 1 unspecified atom stereocenters.